The zero-order chi connectivity index (χ0) is 19.3. The number of hydrogen-bond acceptors (Lipinski definition) is 3. The summed E-state index contributed by atoms with van der Waals surface area (Å²) < 4.78 is 26.8. The lowest BCUT2D eigenvalue weighted by molar-refractivity contribution is -0.126. The van der Waals surface area contributed by atoms with Crippen molar-refractivity contribution in [3.63, 3.8) is 0 Å². The number of sulfonamides is 1. The largest absolute Gasteiger partial charge is 0.353 e. The molecule has 0 spiro atoms. The van der Waals surface area contributed by atoms with E-state index in [0.717, 1.165) is 12.8 Å². The third-order valence-corrected chi connectivity index (χ3v) is 7.10. The van der Waals surface area contributed by atoms with Crippen LogP contribution in [0.5, 0.6) is 0 Å². The molecule has 5 nitrogen and oxygen atoms in total. The number of amides is 1. The maximum Gasteiger partial charge on any atom is 0.223 e. The van der Waals surface area contributed by atoms with Gasteiger partial charge in [0.1, 0.15) is 0 Å². The van der Waals surface area contributed by atoms with Crippen LogP contribution in [0.15, 0.2) is 18.2 Å². The number of benzene rings is 1. The minimum Gasteiger partial charge on any atom is -0.353 e. The molecule has 0 radical (unpaired) electrons. The lowest BCUT2D eigenvalue weighted by Gasteiger charge is -2.31. The van der Waals surface area contributed by atoms with Crippen LogP contribution in [0.4, 0.5) is 0 Å². The topological polar surface area (TPSA) is 66.5 Å². The standard InChI is InChI=1S/C18H26Cl2N2O3S/c1-3-4-13(2)21-18(23)14-7-9-22(10-8-14)26(24,25)12-15-5-6-16(19)11-17(15)20/h5-6,11,13-14H,3-4,7-10,12H2,1-2H3,(H,21,23). The Hall–Kier alpha value is -0.820. The van der Waals surface area contributed by atoms with Crippen molar-refractivity contribution in [3.8, 4) is 0 Å². The fourth-order valence-corrected chi connectivity index (χ4v) is 5.34. The number of carbonyl (C=O) groups is 1. The predicted molar refractivity (Wildman–Crippen MR) is 106 cm³/mol. The van der Waals surface area contributed by atoms with E-state index >= 15 is 0 Å². The second-order valence-electron chi connectivity index (χ2n) is 6.86. The molecular formula is C18H26Cl2N2O3S. The first kappa shape index (κ1) is 21.5. The average Bonchev–Trinajstić information content (AvgIpc) is 2.57. The molecule has 146 valence electrons. The number of halogens is 2. The molecule has 1 amide bonds. The minimum absolute atomic E-state index is 0.0312. The van der Waals surface area contributed by atoms with Gasteiger partial charge in [-0.05, 0) is 43.9 Å². The summed E-state index contributed by atoms with van der Waals surface area (Å²) in [5, 5.41) is 3.84. The van der Waals surface area contributed by atoms with Crippen LogP contribution in [-0.4, -0.2) is 37.8 Å². The van der Waals surface area contributed by atoms with Crippen molar-refractivity contribution >= 4 is 39.1 Å². The molecule has 1 aromatic rings. The number of nitrogens with zero attached hydrogens (tertiary/aromatic N) is 1. The Balaban J connectivity index is 1.92. The first-order chi connectivity index (χ1) is 12.2. The van der Waals surface area contributed by atoms with Gasteiger partial charge in [0.25, 0.3) is 0 Å². The molecule has 1 heterocycles. The second kappa shape index (κ2) is 9.40. The van der Waals surface area contributed by atoms with Crippen molar-refractivity contribution in [1.29, 1.82) is 0 Å². The van der Waals surface area contributed by atoms with E-state index in [0.29, 0.717) is 41.5 Å². The van der Waals surface area contributed by atoms with E-state index in [1.54, 1.807) is 18.2 Å². The monoisotopic (exact) mass is 420 g/mol. The fraction of sp³-hybridized carbons (Fsp3) is 0.611. The lowest BCUT2D eigenvalue weighted by Crippen LogP contribution is -2.45. The van der Waals surface area contributed by atoms with E-state index in [1.807, 2.05) is 6.92 Å². The van der Waals surface area contributed by atoms with Crippen LogP contribution in [0, 0.1) is 5.92 Å². The zero-order valence-electron chi connectivity index (χ0n) is 15.2. The Kier molecular flexibility index (Phi) is 7.76. The third-order valence-electron chi connectivity index (χ3n) is 4.68. The summed E-state index contributed by atoms with van der Waals surface area (Å²) in [7, 11) is -3.48. The van der Waals surface area contributed by atoms with Gasteiger partial charge in [-0.25, -0.2) is 12.7 Å². The maximum atomic E-state index is 12.7. The molecule has 2 rings (SSSR count). The lowest BCUT2D eigenvalue weighted by atomic mass is 9.96. The molecule has 26 heavy (non-hydrogen) atoms. The van der Waals surface area contributed by atoms with Gasteiger partial charge in [-0.2, -0.15) is 0 Å². The molecule has 0 aliphatic carbocycles. The fourth-order valence-electron chi connectivity index (χ4n) is 3.19. The molecule has 1 fully saturated rings. The first-order valence-electron chi connectivity index (χ1n) is 8.95. The summed E-state index contributed by atoms with van der Waals surface area (Å²) in [6.45, 7) is 4.79. The van der Waals surface area contributed by atoms with E-state index in [-0.39, 0.29) is 23.6 Å². The van der Waals surface area contributed by atoms with Crippen LogP contribution in [0.25, 0.3) is 0 Å². The third kappa shape index (κ3) is 5.84. The normalized spacial score (nSPS) is 17.8. The molecule has 1 atom stereocenters. The SMILES string of the molecule is CCCC(C)NC(=O)C1CCN(S(=O)(=O)Cc2ccc(Cl)cc2Cl)CC1. The predicted octanol–water partition coefficient (Wildman–Crippen LogP) is 3.84. The van der Waals surface area contributed by atoms with Crippen molar-refractivity contribution in [3.05, 3.63) is 33.8 Å². The van der Waals surface area contributed by atoms with Gasteiger partial charge in [0, 0.05) is 35.1 Å². The van der Waals surface area contributed by atoms with Crippen LogP contribution in [-0.2, 0) is 20.6 Å². The van der Waals surface area contributed by atoms with Gasteiger partial charge in [0.15, 0.2) is 0 Å². The summed E-state index contributed by atoms with van der Waals surface area (Å²) in [5.41, 5.74) is 0.532. The summed E-state index contributed by atoms with van der Waals surface area (Å²) in [5.74, 6) is -0.253. The van der Waals surface area contributed by atoms with E-state index < -0.39 is 10.0 Å². The van der Waals surface area contributed by atoms with E-state index in [4.69, 9.17) is 23.2 Å². The molecule has 1 aromatic carbocycles. The molecular weight excluding hydrogens is 395 g/mol. The summed E-state index contributed by atoms with van der Waals surface area (Å²) in [6, 6.07) is 4.97. The van der Waals surface area contributed by atoms with Gasteiger partial charge in [0.05, 0.1) is 5.75 Å². The van der Waals surface area contributed by atoms with Crippen molar-refractivity contribution in [2.75, 3.05) is 13.1 Å². The smallest absolute Gasteiger partial charge is 0.223 e. The van der Waals surface area contributed by atoms with Gasteiger partial charge in [-0.3, -0.25) is 4.79 Å². The van der Waals surface area contributed by atoms with Crippen molar-refractivity contribution in [2.45, 2.75) is 51.3 Å². The zero-order valence-corrected chi connectivity index (χ0v) is 17.5. The molecule has 0 aromatic heterocycles. The van der Waals surface area contributed by atoms with E-state index in [9.17, 15) is 13.2 Å². The summed E-state index contributed by atoms with van der Waals surface area (Å²) in [4.78, 5) is 12.3. The Morgan fingerprint density at radius 2 is 1.96 bits per heavy atom. The quantitative estimate of drug-likeness (QED) is 0.728. The average molecular weight is 421 g/mol. The van der Waals surface area contributed by atoms with Crippen molar-refractivity contribution in [2.24, 2.45) is 5.92 Å². The van der Waals surface area contributed by atoms with Crippen LogP contribution in [0.1, 0.15) is 45.1 Å². The van der Waals surface area contributed by atoms with Crippen molar-refractivity contribution < 1.29 is 13.2 Å². The number of nitrogens with one attached hydrogen (secondary N) is 1. The van der Waals surface area contributed by atoms with E-state index in [2.05, 4.69) is 12.2 Å². The van der Waals surface area contributed by atoms with Gasteiger partial charge < -0.3 is 5.32 Å². The highest BCUT2D eigenvalue weighted by molar-refractivity contribution is 7.88. The van der Waals surface area contributed by atoms with Gasteiger partial charge >= 0.3 is 0 Å². The Labute approximate surface area is 166 Å². The molecule has 0 saturated carbocycles. The first-order valence-corrected chi connectivity index (χ1v) is 11.3. The van der Waals surface area contributed by atoms with Crippen LogP contribution in [0.3, 0.4) is 0 Å². The number of hydrogen-bond donors (Lipinski definition) is 1. The maximum absolute atomic E-state index is 12.7. The van der Waals surface area contributed by atoms with Crippen molar-refractivity contribution in [1.82, 2.24) is 9.62 Å². The molecule has 1 aliphatic heterocycles. The number of piperidine rings is 1. The molecule has 8 heteroatoms. The summed E-state index contributed by atoms with van der Waals surface area (Å²) in [6.07, 6.45) is 3.04. The van der Waals surface area contributed by atoms with Gasteiger partial charge in [-0.15, -0.1) is 0 Å². The number of carbonyl (C=O) groups excluding carboxylic acids is 1. The minimum atomic E-state index is -3.48. The molecule has 1 N–H and O–H groups in total. The van der Waals surface area contributed by atoms with Gasteiger partial charge in [0.2, 0.25) is 15.9 Å². The molecule has 1 saturated heterocycles. The Morgan fingerprint density at radius 3 is 2.54 bits per heavy atom. The van der Waals surface area contributed by atoms with E-state index in [1.165, 1.54) is 4.31 Å². The van der Waals surface area contributed by atoms with Crippen LogP contribution in [0.2, 0.25) is 10.0 Å². The molecule has 1 unspecified atom stereocenters. The summed E-state index contributed by atoms with van der Waals surface area (Å²) >= 11 is 11.9. The Bertz CT molecular complexity index is 732. The van der Waals surface area contributed by atoms with Crippen LogP contribution < -0.4 is 5.32 Å². The molecule has 0 bridgehead atoms. The highest BCUT2D eigenvalue weighted by Gasteiger charge is 2.31. The molecule has 1 aliphatic rings. The second-order valence-corrected chi connectivity index (χ2v) is 9.68. The number of rotatable bonds is 7. The highest BCUT2D eigenvalue weighted by Crippen LogP contribution is 2.26. The van der Waals surface area contributed by atoms with Crippen LogP contribution >= 0.6 is 23.2 Å². The Morgan fingerprint density at radius 1 is 1.31 bits per heavy atom. The highest BCUT2D eigenvalue weighted by atomic mass is 35.5. The van der Waals surface area contributed by atoms with Gasteiger partial charge in [-0.1, -0.05) is 42.6 Å².